The Bertz CT molecular complexity index is 1850. The van der Waals surface area contributed by atoms with Gasteiger partial charge < -0.3 is 34.1 Å². The molecule has 0 saturated carbocycles. The number of nitrogens with zero attached hydrogens (tertiary/aromatic N) is 2. The molecule has 2 N–H and O–H groups in total. The maximum Gasteiger partial charge on any atom is 0.351 e. The summed E-state index contributed by atoms with van der Waals surface area (Å²) in [5.74, 6) is 1.05. The number of nitrogens with one attached hydrogen (secondary N) is 1. The van der Waals surface area contributed by atoms with Crippen LogP contribution in [0, 0.1) is 0 Å². The van der Waals surface area contributed by atoms with Crippen LogP contribution in [0.25, 0.3) is 0 Å². The first-order valence-corrected chi connectivity index (χ1v) is 15.7. The lowest BCUT2D eigenvalue weighted by atomic mass is 9.80. The van der Waals surface area contributed by atoms with E-state index in [0.717, 1.165) is 16.7 Å². The van der Waals surface area contributed by atoms with Crippen molar-refractivity contribution in [3.63, 3.8) is 0 Å². The third kappa shape index (κ3) is 6.83. The van der Waals surface area contributed by atoms with E-state index < -0.39 is 41.7 Å². The normalized spacial score (nSPS) is 18.9. The molecule has 1 saturated heterocycles. The number of aromatic nitrogens is 2. The number of anilines is 1. The number of carbonyl (C=O) groups is 1. The smallest absolute Gasteiger partial charge is 0.351 e. The molecule has 0 radical (unpaired) electrons. The first-order valence-electron chi connectivity index (χ1n) is 15.7. The van der Waals surface area contributed by atoms with Gasteiger partial charge >= 0.3 is 5.69 Å². The summed E-state index contributed by atoms with van der Waals surface area (Å²) in [6, 6.07) is 35.0. The molecule has 0 unspecified atom stereocenters. The Labute approximate surface area is 283 Å². The molecule has 49 heavy (non-hydrogen) atoms. The lowest BCUT2D eigenvalue weighted by molar-refractivity contribution is -0.0966. The Hall–Kier alpha value is -5.33. The van der Waals surface area contributed by atoms with Crippen LogP contribution in [0.1, 0.15) is 33.3 Å². The zero-order valence-corrected chi connectivity index (χ0v) is 27.3. The molecule has 1 amide bonds. The van der Waals surface area contributed by atoms with Gasteiger partial charge in [0.15, 0.2) is 6.23 Å². The minimum absolute atomic E-state index is 0.0779. The lowest BCUT2D eigenvalue weighted by Gasteiger charge is -2.37. The Morgan fingerprint density at radius 1 is 0.816 bits per heavy atom. The van der Waals surface area contributed by atoms with E-state index in [1.807, 2.05) is 78.9 Å². The van der Waals surface area contributed by atoms with E-state index >= 15 is 0 Å². The number of hydrogen-bond donors (Lipinski definition) is 2. The second-order valence-corrected chi connectivity index (χ2v) is 11.4. The summed E-state index contributed by atoms with van der Waals surface area (Å²) < 4.78 is 31.0. The molecular weight excluding hydrogens is 626 g/mol. The minimum Gasteiger partial charge on any atom is -0.497 e. The number of amides is 1. The van der Waals surface area contributed by atoms with Gasteiger partial charge in [0.1, 0.15) is 41.2 Å². The second-order valence-electron chi connectivity index (χ2n) is 11.4. The Morgan fingerprint density at radius 3 is 1.90 bits per heavy atom. The van der Waals surface area contributed by atoms with Crippen molar-refractivity contribution in [1.29, 1.82) is 0 Å². The molecule has 4 atom stereocenters. The predicted molar refractivity (Wildman–Crippen MR) is 182 cm³/mol. The van der Waals surface area contributed by atoms with Crippen LogP contribution < -0.4 is 20.5 Å². The fourth-order valence-corrected chi connectivity index (χ4v) is 6.07. The van der Waals surface area contributed by atoms with Gasteiger partial charge in [0.05, 0.1) is 20.8 Å². The number of aliphatic hydroxyl groups excluding tert-OH is 1. The number of hydrogen-bond acceptors (Lipinski definition) is 9. The summed E-state index contributed by atoms with van der Waals surface area (Å²) in [4.78, 5) is 29.9. The van der Waals surface area contributed by atoms with E-state index in [4.69, 9.17) is 23.7 Å². The van der Waals surface area contributed by atoms with Gasteiger partial charge in [-0.15, -0.1) is 0 Å². The van der Waals surface area contributed by atoms with Crippen molar-refractivity contribution in [2.24, 2.45) is 0 Å². The highest BCUT2D eigenvalue weighted by Crippen LogP contribution is 2.43. The molecular formula is C38H37N3O8. The Kier molecular flexibility index (Phi) is 10.2. The number of methoxy groups -OCH3 is 3. The van der Waals surface area contributed by atoms with Gasteiger partial charge in [-0.05, 0) is 59.2 Å². The largest absolute Gasteiger partial charge is 0.497 e. The van der Waals surface area contributed by atoms with Crippen molar-refractivity contribution in [2.45, 2.75) is 30.1 Å². The highest BCUT2D eigenvalue weighted by atomic mass is 16.6. The SMILES string of the molecule is COc1ccc(C(OC[C@H]2O[C@@H](n3ccc(NC(=O)c4ccccc4)nc3=O)[C@H](OC)[C@@H]2O)(c2ccccc2)c2ccc(OC)cc2)cc1. The molecule has 1 fully saturated rings. The van der Waals surface area contributed by atoms with Gasteiger partial charge in [0.25, 0.3) is 5.91 Å². The third-order valence-electron chi connectivity index (χ3n) is 8.60. The first kappa shape index (κ1) is 33.6. The summed E-state index contributed by atoms with van der Waals surface area (Å²) >= 11 is 0. The molecule has 1 aliphatic rings. The van der Waals surface area contributed by atoms with Crippen LogP contribution >= 0.6 is 0 Å². The average molecular weight is 664 g/mol. The first-order chi connectivity index (χ1) is 23.9. The zero-order valence-electron chi connectivity index (χ0n) is 27.3. The van der Waals surface area contributed by atoms with Gasteiger partial charge in [-0.3, -0.25) is 9.36 Å². The predicted octanol–water partition coefficient (Wildman–Crippen LogP) is 4.79. The van der Waals surface area contributed by atoms with Gasteiger partial charge in [0.2, 0.25) is 0 Å². The van der Waals surface area contributed by atoms with E-state index in [9.17, 15) is 14.7 Å². The number of ether oxygens (including phenoxy) is 5. The minimum atomic E-state index is -1.17. The van der Waals surface area contributed by atoms with Crippen LogP contribution in [0.2, 0.25) is 0 Å². The molecule has 0 aliphatic carbocycles. The van der Waals surface area contributed by atoms with Crippen molar-refractivity contribution in [3.8, 4) is 11.5 Å². The molecule has 1 aromatic heterocycles. The number of benzene rings is 4. The molecule has 5 aromatic rings. The standard InChI is InChI=1S/C38H37N3O8/c1-45-29-18-14-27(15-19-29)38(26-12-8-5-9-13-26,28-16-20-30(46-2)21-17-28)48-24-31-33(42)34(47-3)36(49-31)41-23-22-32(40-37(41)44)39-35(43)25-10-6-4-7-11-25/h4-23,31,33-34,36,42H,24H2,1-3H3,(H,39,40,43,44)/t31-,33-,34-,36-/m1/s1. The third-order valence-corrected chi connectivity index (χ3v) is 8.60. The number of carbonyl (C=O) groups excluding carboxylic acids is 1. The van der Waals surface area contributed by atoms with Crippen molar-refractivity contribution < 1.29 is 33.6 Å². The summed E-state index contributed by atoms with van der Waals surface area (Å²) in [7, 11) is 4.65. The maximum absolute atomic E-state index is 13.2. The van der Waals surface area contributed by atoms with E-state index in [1.54, 1.807) is 44.6 Å². The van der Waals surface area contributed by atoms with E-state index in [-0.39, 0.29) is 12.4 Å². The van der Waals surface area contributed by atoms with Crippen molar-refractivity contribution in [1.82, 2.24) is 9.55 Å². The van der Waals surface area contributed by atoms with E-state index in [0.29, 0.717) is 17.1 Å². The van der Waals surface area contributed by atoms with Crippen LogP contribution in [0.3, 0.4) is 0 Å². The lowest BCUT2D eigenvalue weighted by Crippen LogP contribution is -2.40. The quantitative estimate of drug-likeness (QED) is 0.181. The van der Waals surface area contributed by atoms with Crippen LogP contribution in [0.4, 0.5) is 5.82 Å². The highest BCUT2D eigenvalue weighted by Gasteiger charge is 2.47. The van der Waals surface area contributed by atoms with Crippen LogP contribution in [-0.2, 0) is 19.8 Å². The monoisotopic (exact) mass is 663 g/mol. The van der Waals surface area contributed by atoms with Crippen LogP contribution in [0.5, 0.6) is 11.5 Å². The summed E-state index contributed by atoms with van der Waals surface area (Å²) in [6.45, 7) is -0.0854. The highest BCUT2D eigenvalue weighted by molar-refractivity contribution is 6.03. The summed E-state index contributed by atoms with van der Waals surface area (Å²) in [5, 5.41) is 14.1. The zero-order chi connectivity index (χ0) is 34.4. The van der Waals surface area contributed by atoms with Crippen LogP contribution in [0.15, 0.2) is 126 Å². The molecule has 252 valence electrons. The Morgan fingerprint density at radius 2 is 1.37 bits per heavy atom. The Balaban J connectivity index is 1.31. The summed E-state index contributed by atoms with van der Waals surface area (Å²) in [6.07, 6.45) is -2.57. The van der Waals surface area contributed by atoms with Crippen molar-refractivity contribution >= 4 is 11.7 Å². The molecule has 11 nitrogen and oxygen atoms in total. The molecule has 2 heterocycles. The molecule has 11 heteroatoms. The molecule has 0 spiro atoms. The fraction of sp³-hybridized carbons (Fsp3) is 0.237. The second kappa shape index (κ2) is 14.8. The maximum atomic E-state index is 13.2. The van der Waals surface area contributed by atoms with Crippen molar-refractivity contribution in [2.75, 3.05) is 33.3 Å². The van der Waals surface area contributed by atoms with E-state index in [2.05, 4.69) is 10.3 Å². The molecule has 1 aliphatic heterocycles. The van der Waals surface area contributed by atoms with E-state index in [1.165, 1.54) is 23.9 Å². The number of aliphatic hydroxyl groups is 1. The molecule has 4 aromatic carbocycles. The van der Waals surface area contributed by atoms with Crippen molar-refractivity contribution in [3.05, 3.63) is 154 Å². The van der Waals surface area contributed by atoms with Gasteiger partial charge in [0, 0.05) is 18.9 Å². The number of rotatable bonds is 12. The van der Waals surface area contributed by atoms with Gasteiger partial charge in [-0.25, -0.2) is 4.79 Å². The topological polar surface area (TPSA) is 130 Å². The molecule has 0 bridgehead atoms. The summed E-state index contributed by atoms with van der Waals surface area (Å²) in [5.41, 5.74) is 1.04. The average Bonchev–Trinajstić information content (AvgIpc) is 3.47. The fourth-order valence-electron chi connectivity index (χ4n) is 6.07. The molecule has 6 rings (SSSR count). The van der Waals surface area contributed by atoms with Gasteiger partial charge in [-0.2, -0.15) is 4.98 Å². The van der Waals surface area contributed by atoms with Gasteiger partial charge in [-0.1, -0.05) is 72.8 Å². The van der Waals surface area contributed by atoms with Crippen LogP contribution in [-0.4, -0.2) is 66.8 Å².